The fourth-order valence-corrected chi connectivity index (χ4v) is 2.48. The second-order valence-electron chi connectivity index (χ2n) is 5.10. The maximum Gasteiger partial charge on any atom is 0.303 e. The molecular formula is C13H19N3O4. The SMILES string of the molecule is Cc1cc(C2CCCN2C(=O)C(N)CCC(=O)O)on1. The van der Waals surface area contributed by atoms with Crippen LogP contribution in [-0.2, 0) is 9.59 Å². The first kappa shape index (κ1) is 14.5. The Kier molecular flexibility index (Phi) is 4.39. The van der Waals surface area contributed by atoms with Crippen molar-refractivity contribution in [1.82, 2.24) is 10.1 Å². The van der Waals surface area contributed by atoms with Gasteiger partial charge in [0, 0.05) is 19.0 Å². The van der Waals surface area contributed by atoms with Crippen LogP contribution in [0.2, 0.25) is 0 Å². The maximum atomic E-state index is 12.3. The van der Waals surface area contributed by atoms with Crippen LogP contribution < -0.4 is 5.73 Å². The molecule has 0 aliphatic carbocycles. The molecular weight excluding hydrogens is 262 g/mol. The van der Waals surface area contributed by atoms with Crippen molar-refractivity contribution in [1.29, 1.82) is 0 Å². The summed E-state index contributed by atoms with van der Waals surface area (Å²) in [5.41, 5.74) is 6.56. The van der Waals surface area contributed by atoms with E-state index in [9.17, 15) is 9.59 Å². The second kappa shape index (κ2) is 6.04. The van der Waals surface area contributed by atoms with E-state index in [0.717, 1.165) is 18.5 Å². The van der Waals surface area contributed by atoms with Crippen LogP contribution in [0.4, 0.5) is 0 Å². The van der Waals surface area contributed by atoms with Gasteiger partial charge >= 0.3 is 5.97 Å². The molecule has 1 fully saturated rings. The van der Waals surface area contributed by atoms with E-state index in [2.05, 4.69) is 5.16 Å². The number of hydrogen-bond donors (Lipinski definition) is 2. The number of amides is 1. The number of carbonyl (C=O) groups is 2. The molecule has 0 bridgehead atoms. The molecule has 0 radical (unpaired) electrons. The molecule has 2 atom stereocenters. The van der Waals surface area contributed by atoms with Gasteiger partial charge in [-0.15, -0.1) is 0 Å². The van der Waals surface area contributed by atoms with E-state index in [0.29, 0.717) is 12.3 Å². The van der Waals surface area contributed by atoms with Crippen LogP contribution in [0.1, 0.15) is 43.2 Å². The molecule has 7 heteroatoms. The fraction of sp³-hybridized carbons (Fsp3) is 0.615. The number of aromatic nitrogens is 1. The van der Waals surface area contributed by atoms with Gasteiger partial charge in [-0.25, -0.2) is 0 Å². The number of aliphatic carboxylic acids is 1. The monoisotopic (exact) mass is 281 g/mol. The zero-order chi connectivity index (χ0) is 14.7. The molecule has 0 saturated carbocycles. The van der Waals surface area contributed by atoms with Crippen LogP contribution in [-0.4, -0.2) is 39.6 Å². The number of carboxylic acid groups (broad SMARTS) is 1. The summed E-state index contributed by atoms with van der Waals surface area (Å²) in [6, 6.07) is 0.897. The molecule has 1 aliphatic heterocycles. The minimum absolute atomic E-state index is 0.104. The van der Waals surface area contributed by atoms with Gasteiger partial charge in [0.25, 0.3) is 0 Å². The highest BCUT2D eigenvalue weighted by Gasteiger charge is 2.34. The zero-order valence-electron chi connectivity index (χ0n) is 11.4. The third-order valence-electron chi connectivity index (χ3n) is 3.50. The smallest absolute Gasteiger partial charge is 0.303 e. The Morgan fingerprint density at radius 2 is 2.40 bits per heavy atom. The Balaban J connectivity index is 2.02. The predicted molar refractivity (Wildman–Crippen MR) is 69.8 cm³/mol. The first-order valence-corrected chi connectivity index (χ1v) is 6.70. The van der Waals surface area contributed by atoms with Crippen molar-refractivity contribution in [2.24, 2.45) is 5.73 Å². The van der Waals surface area contributed by atoms with E-state index in [1.807, 2.05) is 13.0 Å². The van der Waals surface area contributed by atoms with Crippen molar-refractivity contribution in [3.63, 3.8) is 0 Å². The average molecular weight is 281 g/mol. The third-order valence-corrected chi connectivity index (χ3v) is 3.50. The Hall–Kier alpha value is -1.89. The molecule has 2 rings (SSSR count). The van der Waals surface area contributed by atoms with Gasteiger partial charge in [0.2, 0.25) is 5.91 Å². The number of carboxylic acids is 1. The summed E-state index contributed by atoms with van der Waals surface area (Å²) >= 11 is 0. The molecule has 1 saturated heterocycles. The number of hydrogen-bond acceptors (Lipinski definition) is 5. The highest BCUT2D eigenvalue weighted by Crippen LogP contribution is 2.32. The number of nitrogens with zero attached hydrogens (tertiary/aromatic N) is 2. The number of nitrogens with two attached hydrogens (primary N) is 1. The minimum Gasteiger partial charge on any atom is -0.481 e. The highest BCUT2D eigenvalue weighted by atomic mass is 16.5. The molecule has 2 heterocycles. The van der Waals surface area contributed by atoms with Crippen LogP contribution in [0.5, 0.6) is 0 Å². The lowest BCUT2D eigenvalue weighted by Gasteiger charge is -2.25. The minimum atomic E-state index is -0.947. The summed E-state index contributed by atoms with van der Waals surface area (Å²) in [5.74, 6) is -0.501. The number of likely N-dealkylation sites (tertiary alicyclic amines) is 1. The Bertz CT molecular complexity index is 500. The summed E-state index contributed by atoms with van der Waals surface area (Å²) in [4.78, 5) is 24.5. The molecule has 0 spiro atoms. The topological polar surface area (TPSA) is 110 Å². The first-order chi connectivity index (χ1) is 9.49. The molecule has 110 valence electrons. The third kappa shape index (κ3) is 3.16. The molecule has 1 aliphatic rings. The van der Waals surface area contributed by atoms with Gasteiger partial charge in [-0.1, -0.05) is 5.16 Å². The van der Waals surface area contributed by atoms with Gasteiger partial charge in [-0.05, 0) is 26.2 Å². The summed E-state index contributed by atoms with van der Waals surface area (Å²) in [6.07, 6.45) is 1.73. The van der Waals surface area contributed by atoms with Crippen molar-refractivity contribution in [2.75, 3.05) is 6.54 Å². The molecule has 1 aromatic rings. The van der Waals surface area contributed by atoms with Crippen LogP contribution in [0.25, 0.3) is 0 Å². The largest absolute Gasteiger partial charge is 0.481 e. The van der Waals surface area contributed by atoms with Crippen LogP contribution in [0.15, 0.2) is 10.6 Å². The average Bonchev–Trinajstić information content (AvgIpc) is 3.02. The van der Waals surface area contributed by atoms with E-state index < -0.39 is 12.0 Å². The molecule has 7 nitrogen and oxygen atoms in total. The van der Waals surface area contributed by atoms with E-state index >= 15 is 0 Å². The predicted octanol–water partition coefficient (Wildman–Crippen LogP) is 0.839. The summed E-state index contributed by atoms with van der Waals surface area (Å²) in [7, 11) is 0. The lowest BCUT2D eigenvalue weighted by Crippen LogP contribution is -2.43. The number of carbonyl (C=O) groups excluding carboxylic acids is 1. The number of aryl methyl sites for hydroxylation is 1. The second-order valence-corrected chi connectivity index (χ2v) is 5.10. The van der Waals surface area contributed by atoms with Gasteiger partial charge in [-0.2, -0.15) is 0 Å². The maximum absolute atomic E-state index is 12.3. The Labute approximate surface area is 116 Å². The lowest BCUT2D eigenvalue weighted by molar-refractivity contribution is -0.138. The Morgan fingerprint density at radius 3 is 3.00 bits per heavy atom. The van der Waals surface area contributed by atoms with Crippen LogP contribution >= 0.6 is 0 Å². The standard InChI is InChI=1S/C13H19N3O4/c1-8-7-11(20-15-8)10-3-2-6-16(10)13(19)9(14)4-5-12(17)18/h7,9-10H,2-6,14H2,1H3,(H,17,18). The van der Waals surface area contributed by atoms with Crippen LogP contribution in [0, 0.1) is 6.92 Å². The van der Waals surface area contributed by atoms with Crippen molar-refractivity contribution >= 4 is 11.9 Å². The molecule has 1 amide bonds. The van der Waals surface area contributed by atoms with E-state index in [-0.39, 0.29) is 24.8 Å². The molecule has 3 N–H and O–H groups in total. The van der Waals surface area contributed by atoms with E-state index in [4.69, 9.17) is 15.4 Å². The highest BCUT2D eigenvalue weighted by molar-refractivity contribution is 5.83. The number of rotatable bonds is 5. The summed E-state index contributed by atoms with van der Waals surface area (Å²) in [6.45, 7) is 2.44. The van der Waals surface area contributed by atoms with Crippen molar-refractivity contribution in [3.05, 3.63) is 17.5 Å². The van der Waals surface area contributed by atoms with Crippen LogP contribution in [0.3, 0.4) is 0 Å². The molecule has 20 heavy (non-hydrogen) atoms. The van der Waals surface area contributed by atoms with E-state index in [1.54, 1.807) is 4.90 Å². The van der Waals surface area contributed by atoms with Crippen molar-refractivity contribution in [3.8, 4) is 0 Å². The van der Waals surface area contributed by atoms with Gasteiger partial charge in [0.1, 0.15) is 0 Å². The summed E-state index contributed by atoms with van der Waals surface area (Å²) in [5, 5.41) is 12.5. The molecule has 2 unspecified atom stereocenters. The normalized spacial score (nSPS) is 20.1. The van der Waals surface area contributed by atoms with Gasteiger partial charge in [0.15, 0.2) is 5.76 Å². The first-order valence-electron chi connectivity index (χ1n) is 6.70. The Morgan fingerprint density at radius 1 is 1.65 bits per heavy atom. The van der Waals surface area contributed by atoms with E-state index in [1.165, 1.54) is 0 Å². The summed E-state index contributed by atoms with van der Waals surface area (Å²) < 4.78 is 5.23. The molecule has 1 aromatic heterocycles. The quantitative estimate of drug-likeness (QED) is 0.827. The van der Waals surface area contributed by atoms with Crippen molar-refractivity contribution < 1.29 is 19.2 Å². The van der Waals surface area contributed by atoms with Gasteiger partial charge < -0.3 is 20.3 Å². The molecule has 0 aromatic carbocycles. The zero-order valence-corrected chi connectivity index (χ0v) is 11.4. The van der Waals surface area contributed by atoms with Gasteiger partial charge in [-0.3, -0.25) is 9.59 Å². The lowest BCUT2D eigenvalue weighted by atomic mass is 10.1. The van der Waals surface area contributed by atoms with Gasteiger partial charge in [0.05, 0.1) is 17.8 Å². The fourth-order valence-electron chi connectivity index (χ4n) is 2.48. The van der Waals surface area contributed by atoms with Crippen molar-refractivity contribution in [2.45, 2.75) is 44.7 Å².